The van der Waals surface area contributed by atoms with Crippen LogP contribution in [0.4, 0.5) is 5.69 Å². The minimum atomic E-state index is 0.249. The number of aryl methyl sites for hydroxylation is 2. The van der Waals surface area contributed by atoms with Crippen LogP contribution in [0.25, 0.3) is 0 Å². The summed E-state index contributed by atoms with van der Waals surface area (Å²) in [6, 6.07) is 4.52. The van der Waals surface area contributed by atoms with E-state index in [0.29, 0.717) is 0 Å². The molecule has 2 unspecified atom stereocenters. The number of halogens is 1. The van der Waals surface area contributed by atoms with Crippen LogP contribution in [0.3, 0.4) is 0 Å². The largest absolute Gasteiger partial charge is 0.356 e. The molecular formula is C19H27BrN2. The maximum atomic E-state index is 3.77. The standard InChI is InChI=1S/C19H27BrN2/c1-6-16-15(4)11-19(16,5)22-8-7-21(12-22)18-14(3)9-13(2)10-17(18)20/h9-11,16H,6-8,12H2,1-5H3. The molecule has 1 aliphatic carbocycles. The summed E-state index contributed by atoms with van der Waals surface area (Å²) in [7, 11) is 0. The van der Waals surface area contributed by atoms with Gasteiger partial charge in [-0.15, -0.1) is 0 Å². The second kappa shape index (κ2) is 5.68. The Morgan fingerprint density at radius 2 is 1.95 bits per heavy atom. The van der Waals surface area contributed by atoms with Crippen molar-refractivity contribution in [1.29, 1.82) is 0 Å². The molecule has 2 nitrogen and oxygen atoms in total. The van der Waals surface area contributed by atoms with Gasteiger partial charge in [0.05, 0.1) is 12.4 Å². The van der Waals surface area contributed by atoms with E-state index in [0.717, 1.165) is 25.7 Å². The fraction of sp³-hybridized carbons (Fsp3) is 0.579. The van der Waals surface area contributed by atoms with Gasteiger partial charge in [0, 0.05) is 29.0 Å². The summed E-state index contributed by atoms with van der Waals surface area (Å²) in [6.45, 7) is 14.7. The Kier molecular flexibility index (Phi) is 4.15. The summed E-state index contributed by atoms with van der Waals surface area (Å²) in [6.07, 6.45) is 3.71. The van der Waals surface area contributed by atoms with E-state index < -0.39 is 0 Å². The van der Waals surface area contributed by atoms with Gasteiger partial charge in [-0.2, -0.15) is 0 Å². The first-order valence-corrected chi connectivity index (χ1v) is 9.12. The van der Waals surface area contributed by atoms with E-state index in [9.17, 15) is 0 Å². The van der Waals surface area contributed by atoms with Gasteiger partial charge < -0.3 is 4.90 Å². The lowest BCUT2D eigenvalue weighted by atomic mass is 9.67. The second-order valence-corrected chi connectivity index (χ2v) is 8.01. The molecule has 0 amide bonds. The number of nitrogens with zero attached hydrogens (tertiary/aromatic N) is 2. The van der Waals surface area contributed by atoms with Gasteiger partial charge in [0.15, 0.2) is 0 Å². The molecule has 1 aromatic carbocycles. The number of hydrogen-bond donors (Lipinski definition) is 0. The molecule has 2 aliphatic rings. The summed E-state index contributed by atoms with van der Waals surface area (Å²) >= 11 is 3.77. The molecule has 0 N–H and O–H groups in total. The van der Waals surface area contributed by atoms with Gasteiger partial charge in [0.2, 0.25) is 0 Å². The lowest BCUT2D eigenvalue weighted by Gasteiger charge is -2.50. The predicted octanol–water partition coefficient (Wildman–Crippen LogP) is 4.89. The summed E-state index contributed by atoms with van der Waals surface area (Å²) in [5, 5.41) is 0. The fourth-order valence-electron chi connectivity index (χ4n) is 4.55. The smallest absolute Gasteiger partial charge is 0.0715 e. The zero-order valence-electron chi connectivity index (χ0n) is 14.4. The van der Waals surface area contributed by atoms with Crippen molar-refractivity contribution in [3.63, 3.8) is 0 Å². The van der Waals surface area contributed by atoms with Crippen LogP contribution < -0.4 is 4.90 Å². The van der Waals surface area contributed by atoms with E-state index in [1.807, 2.05) is 0 Å². The normalized spacial score (nSPS) is 28.7. The Morgan fingerprint density at radius 3 is 2.55 bits per heavy atom. The summed E-state index contributed by atoms with van der Waals surface area (Å²) in [5.41, 5.74) is 5.87. The quantitative estimate of drug-likeness (QED) is 0.706. The maximum Gasteiger partial charge on any atom is 0.0715 e. The molecule has 1 fully saturated rings. The third-order valence-corrected chi connectivity index (χ3v) is 6.16. The first kappa shape index (κ1) is 16.1. The Labute approximate surface area is 143 Å². The highest BCUT2D eigenvalue weighted by atomic mass is 79.9. The van der Waals surface area contributed by atoms with Gasteiger partial charge in [0.25, 0.3) is 0 Å². The van der Waals surface area contributed by atoms with E-state index in [1.54, 1.807) is 5.57 Å². The summed E-state index contributed by atoms with van der Waals surface area (Å²) in [4.78, 5) is 5.18. The van der Waals surface area contributed by atoms with Crippen LogP contribution in [-0.2, 0) is 0 Å². The van der Waals surface area contributed by atoms with Crippen LogP contribution in [0, 0.1) is 19.8 Å². The lowest BCUT2D eigenvalue weighted by molar-refractivity contribution is 0.104. The Morgan fingerprint density at radius 1 is 1.23 bits per heavy atom. The van der Waals surface area contributed by atoms with Gasteiger partial charge in [0.1, 0.15) is 0 Å². The van der Waals surface area contributed by atoms with Gasteiger partial charge in [-0.1, -0.05) is 24.6 Å². The van der Waals surface area contributed by atoms with Crippen LogP contribution in [-0.4, -0.2) is 30.2 Å². The van der Waals surface area contributed by atoms with E-state index in [2.05, 4.69) is 78.6 Å². The van der Waals surface area contributed by atoms with E-state index in [4.69, 9.17) is 0 Å². The topological polar surface area (TPSA) is 6.48 Å². The minimum Gasteiger partial charge on any atom is -0.356 e. The second-order valence-electron chi connectivity index (χ2n) is 7.16. The van der Waals surface area contributed by atoms with Crippen molar-refractivity contribution in [3.05, 3.63) is 39.4 Å². The average Bonchev–Trinajstić information content (AvgIpc) is 2.87. The van der Waals surface area contributed by atoms with E-state index in [1.165, 1.54) is 27.7 Å². The molecule has 22 heavy (non-hydrogen) atoms. The molecule has 2 atom stereocenters. The SMILES string of the molecule is CCC1C(C)=CC1(C)N1CCN(c2c(C)cc(C)cc2Br)C1. The van der Waals surface area contributed by atoms with E-state index >= 15 is 0 Å². The molecule has 120 valence electrons. The highest BCUT2D eigenvalue weighted by molar-refractivity contribution is 9.10. The van der Waals surface area contributed by atoms with Crippen molar-refractivity contribution >= 4 is 21.6 Å². The molecule has 1 aliphatic heterocycles. The predicted molar refractivity (Wildman–Crippen MR) is 98.5 cm³/mol. The molecule has 0 aromatic heterocycles. The molecular weight excluding hydrogens is 336 g/mol. The minimum absolute atomic E-state index is 0.249. The van der Waals surface area contributed by atoms with Crippen molar-refractivity contribution in [1.82, 2.24) is 4.90 Å². The van der Waals surface area contributed by atoms with Crippen LogP contribution in [0.15, 0.2) is 28.3 Å². The van der Waals surface area contributed by atoms with E-state index in [-0.39, 0.29) is 5.54 Å². The van der Waals surface area contributed by atoms with Crippen molar-refractivity contribution < 1.29 is 0 Å². The molecule has 0 radical (unpaired) electrons. The van der Waals surface area contributed by atoms with Crippen LogP contribution >= 0.6 is 15.9 Å². The zero-order valence-corrected chi connectivity index (χ0v) is 16.0. The molecule has 0 spiro atoms. The average molecular weight is 363 g/mol. The third-order valence-electron chi connectivity index (χ3n) is 5.56. The van der Waals surface area contributed by atoms with Crippen LogP contribution in [0.1, 0.15) is 38.3 Å². The fourth-order valence-corrected chi connectivity index (χ4v) is 5.47. The molecule has 0 bridgehead atoms. The van der Waals surface area contributed by atoms with Crippen molar-refractivity contribution in [3.8, 4) is 0 Å². The molecule has 1 saturated heterocycles. The Hall–Kier alpha value is -0.800. The first-order valence-electron chi connectivity index (χ1n) is 8.33. The number of hydrogen-bond acceptors (Lipinski definition) is 2. The summed E-state index contributed by atoms with van der Waals surface area (Å²) in [5.74, 6) is 0.718. The van der Waals surface area contributed by atoms with Crippen molar-refractivity contribution in [2.75, 3.05) is 24.7 Å². The van der Waals surface area contributed by atoms with Gasteiger partial charge in [-0.25, -0.2) is 0 Å². The monoisotopic (exact) mass is 362 g/mol. The summed E-state index contributed by atoms with van der Waals surface area (Å²) < 4.78 is 1.23. The highest BCUT2D eigenvalue weighted by Crippen LogP contribution is 2.45. The third kappa shape index (κ3) is 2.43. The molecule has 1 aromatic rings. The lowest BCUT2D eigenvalue weighted by Crippen LogP contribution is -2.55. The zero-order chi connectivity index (χ0) is 16.1. The first-order chi connectivity index (χ1) is 10.4. The Bertz CT molecular complexity index is 599. The van der Waals surface area contributed by atoms with Crippen LogP contribution in [0.5, 0.6) is 0 Å². The van der Waals surface area contributed by atoms with Crippen molar-refractivity contribution in [2.45, 2.75) is 46.6 Å². The number of rotatable bonds is 3. The van der Waals surface area contributed by atoms with Gasteiger partial charge in [-0.3, -0.25) is 4.90 Å². The van der Waals surface area contributed by atoms with Crippen LogP contribution in [0.2, 0.25) is 0 Å². The highest BCUT2D eigenvalue weighted by Gasteiger charge is 2.46. The molecule has 3 heteroatoms. The van der Waals surface area contributed by atoms with Crippen molar-refractivity contribution in [2.24, 2.45) is 5.92 Å². The maximum absolute atomic E-state index is 3.77. The van der Waals surface area contributed by atoms with Gasteiger partial charge in [-0.05, 0) is 67.2 Å². The number of benzene rings is 1. The van der Waals surface area contributed by atoms with Gasteiger partial charge >= 0.3 is 0 Å². The molecule has 1 heterocycles. The Balaban J connectivity index is 1.82. The number of anilines is 1. The molecule has 3 rings (SSSR count). The molecule has 0 saturated carbocycles.